The molecule has 1 aromatic carbocycles. The van der Waals surface area contributed by atoms with Crippen LogP contribution in [0, 0.1) is 17.8 Å². The third-order valence-corrected chi connectivity index (χ3v) is 4.46. The van der Waals surface area contributed by atoms with Crippen LogP contribution >= 0.6 is 0 Å². The first-order chi connectivity index (χ1) is 10.2. The van der Waals surface area contributed by atoms with Crippen molar-refractivity contribution in [1.82, 2.24) is 4.90 Å². The van der Waals surface area contributed by atoms with E-state index < -0.39 is 0 Å². The zero-order chi connectivity index (χ0) is 14.7. The summed E-state index contributed by atoms with van der Waals surface area (Å²) in [6.07, 6.45) is 7.16. The first kappa shape index (κ1) is 14.0. The van der Waals surface area contributed by atoms with Gasteiger partial charge in [0.1, 0.15) is 12.6 Å². The van der Waals surface area contributed by atoms with Crippen LogP contribution in [0.15, 0.2) is 30.3 Å². The second-order valence-electron chi connectivity index (χ2n) is 5.71. The maximum atomic E-state index is 12.2. The molecule has 1 unspecified atom stereocenters. The van der Waals surface area contributed by atoms with Gasteiger partial charge >= 0.3 is 6.09 Å². The quantitative estimate of drug-likeness (QED) is 0.783. The van der Waals surface area contributed by atoms with Crippen molar-refractivity contribution in [3.8, 4) is 12.3 Å². The highest BCUT2D eigenvalue weighted by Crippen LogP contribution is 2.45. The van der Waals surface area contributed by atoms with Crippen molar-refractivity contribution in [3.63, 3.8) is 0 Å². The molecule has 2 heterocycles. The topological polar surface area (TPSA) is 38.8 Å². The Labute approximate surface area is 125 Å². The molecular weight excluding hydrogens is 266 g/mol. The molecule has 1 amide bonds. The van der Waals surface area contributed by atoms with Crippen molar-refractivity contribution >= 4 is 6.09 Å². The highest BCUT2D eigenvalue weighted by atomic mass is 16.6. The van der Waals surface area contributed by atoms with Gasteiger partial charge in [0.15, 0.2) is 0 Å². The van der Waals surface area contributed by atoms with Gasteiger partial charge in [0.2, 0.25) is 0 Å². The lowest BCUT2D eigenvalue weighted by molar-refractivity contribution is -0.0998. The minimum Gasteiger partial charge on any atom is -0.445 e. The summed E-state index contributed by atoms with van der Waals surface area (Å²) in [4.78, 5) is 13.8. The van der Waals surface area contributed by atoms with Gasteiger partial charge in [-0.1, -0.05) is 36.3 Å². The molecule has 0 radical (unpaired) electrons. The predicted molar refractivity (Wildman–Crippen MR) is 78.4 cm³/mol. The lowest BCUT2D eigenvalue weighted by Crippen LogP contribution is -2.67. The number of hydrogen-bond donors (Lipinski definition) is 0. The Kier molecular flexibility index (Phi) is 3.85. The molecule has 0 bridgehead atoms. The van der Waals surface area contributed by atoms with Gasteiger partial charge < -0.3 is 9.47 Å². The SMILES string of the molecule is C#CC1N(C(=O)OCc2ccccc2)CC12CCOCC2. The standard InChI is InChI=1S/C17H19NO3/c1-2-15-17(8-10-20-11-9-17)13-18(15)16(19)21-12-14-6-4-3-5-7-14/h1,3-7,15H,8-13H2. The Hall–Kier alpha value is -1.99. The average Bonchev–Trinajstić information content (AvgIpc) is 2.53. The summed E-state index contributed by atoms with van der Waals surface area (Å²) in [6, 6.07) is 9.49. The molecule has 0 aromatic heterocycles. The van der Waals surface area contributed by atoms with E-state index in [1.54, 1.807) is 4.90 Å². The van der Waals surface area contributed by atoms with E-state index in [-0.39, 0.29) is 24.2 Å². The number of ether oxygens (including phenoxy) is 2. The number of benzene rings is 1. The molecule has 2 aliphatic heterocycles. The third-order valence-electron chi connectivity index (χ3n) is 4.46. The number of nitrogens with zero attached hydrogens (tertiary/aromatic N) is 1. The summed E-state index contributed by atoms with van der Waals surface area (Å²) in [5.41, 5.74) is 1.02. The second kappa shape index (κ2) is 5.79. The fourth-order valence-corrected chi connectivity index (χ4v) is 3.18. The molecule has 1 spiro atoms. The average molecular weight is 285 g/mol. The van der Waals surface area contributed by atoms with Gasteiger partial charge in [-0.15, -0.1) is 6.42 Å². The van der Waals surface area contributed by atoms with Crippen molar-refractivity contribution in [1.29, 1.82) is 0 Å². The molecule has 3 rings (SSSR count). The largest absolute Gasteiger partial charge is 0.445 e. The number of rotatable bonds is 2. The summed E-state index contributed by atoms with van der Waals surface area (Å²) in [5.74, 6) is 2.76. The number of carbonyl (C=O) groups is 1. The van der Waals surface area contributed by atoms with Crippen LogP contribution in [-0.4, -0.2) is 36.8 Å². The number of terminal acetylenes is 1. The van der Waals surface area contributed by atoms with Gasteiger partial charge in [-0.25, -0.2) is 4.79 Å². The molecule has 4 heteroatoms. The van der Waals surface area contributed by atoms with E-state index in [1.807, 2.05) is 30.3 Å². The highest BCUT2D eigenvalue weighted by molar-refractivity contribution is 5.70. The maximum Gasteiger partial charge on any atom is 0.411 e. The zero-order valence-electron chi connectivity index (χ0n) is 12.0. The van der Waals surface area contributed by atoms with Gasteiger partial charge in [-0.3, -0.25) is 4.90 Å². The Morgan fingerprint density at radius 2 is 2.10 bits per heavy atom. The first-order valence-electron chi connectivity index (χ1n) is 7.26. The normalized spacial score (nSPS) is 23.2. The van der Waals surface area contributed by atoms with Gasteiger partial charge in [-0.2, -0.15) is 0 Å². The lowest BCUT2D eigenvalue weighted by atomic mass is 9.67. The molecule has 0 saturated carbocycles. The molecular formula is C17H19NO3. The van der Waals surface area contributed by atoms with Crippen LogP contribution < -0.4 is 0 Å². The number of likely N-dealkylation sites (tertiary alicyclic amines) is 1. The number of hydrogen-bond acceptors (Lipinski definition) is 3. The highest BCUT2D eigenvalue weighted by Gasteiger charge is 2.54. The summed E-state index contributed by atoms with van der Waals surface area (Å²) in [6.45, 7) is 2.42. The van der Waals surface area contributed by atoms with Crippen LogP contribution in [0.3, 0.4) is 0 Å². The van der Waals surface area contributed by atoms with E-state index >= 15 is 0 Å². The van der Waals surface area contributed by atoms with Crippen molar-refractivity contribution < 1.29 is 14.3 Å². The van der Waals surface area contributed by atoms with E-state index in [4.69, 9.17) is 15.9 Å². The van der Waals surface area contributed by atoms with E-state index in [9.17, 15) is 4.79 Å². The molecule has 4 nitrogen and oxygen atoms in total. The van der Waals surface area contributed by atoms with E-state index in [0.29, 0.717) is 6.54 Å². The van der Waals surface area contributed by atoms with Crippen LogP contribution in [0.5, 0.6) is 0 Å². The van der Waals surface area contributed by atoms with Crippen LogP contribution in [0.1, 0.15) is 18.4 Å². The maximum absolute atomic E-state index is 12.2. The van der Waals surface area contributed by atoms with Gasteiger partial charge in [0.05, 0.1) is 0 Å². The van der Waals surface area contributed by atoms with E-state index in [1.165, 1.54) is 0 Å². The van der Waals surface area contributed by atoms with Crippen molar-refractivity contribution in [3.05, 3.63) is 35.9 Å². The second-order valence-corrected chi connectivity index (χ2v) is 5.71. The molecule has 110 valence electrons. The fourth-order valence-electron chi connectivity index (χ4n) is 3.18. The van der Waals surface area contributed by atoms with Crippen molar-refractivity contribution in [2.75, 3.05) is 19.8 Å². The molecule has 0 N–H and O–H groups in total. The van der Waals surface area contributed by atoms with Gasteiger partial charge in [0.25, 0.3) is 0 Å². The number of amides is 1. The summed E-state index contributed by atoms with van der Waals surface area (Å²) in [7, 11) is 0. The number of carbonyl (C=O) groups excluding carboxylic acids is 1. The fraction of sp³-hybridized carbons (Fsp3) is 0.471. The van der Waals surface area contributed by atoms with Crippen LogP contribution in [0.4, 0.5) is 4.79 Å². The van der Waals surface area contributed by atoms with Gasteiger partial charge in [0, 0.05) is 25.2 Å². The molecule has 1 aromatic rings. The van der Waals surface area contributed by atoms with Crippen LogP contribution in [0.2, 0.25) is 0 Å². The molecule has 0 aliphatic carbocycles. The van der Waals surface area contributed by atoms with Gasteiger partial charge in [-0.05, 0) is 18.4 Å². The summed E-state index contributed by atoms with van der Waals surface area (Å²) in [5, 5.41) is 0. The lowest BCUT2D eigenvalue weighted by Gasteiger charge is -2.56. The zero-order valence-corrected chi connectivity index (χ0v) is 12.0. The Morgan fingerprint density at radius 1 is 1.38 bits per heavy atom. The third kappa shape index (κ3) is 2.62. The minimum atomic E-state index is -0.320. The Balaban J connectivity index is 1.58. The van der Waals surface area contributed by atoms with Crippen molar-refractivity contribution in [2.45, 2.75) is 25.5 Å². The molecule has 1 atom stereocenters. The van der Waals surface area contributed by atoms with E-state index in [0.717, 1.165) is 31.6 Å². The monoisotopic (exact) mass is 285 g/mol. The van der Waals surface area contributed by atoms with E-state index in [2.05, 4.69) is 5.92 Å². The molecule has 21 heavy (non-hydrogen) atoms. The Morgan fingerprint density at radius 3 is 2.76 bits per heavy atom. The van der Waals surface area contributed by atoms with Crippen LogP contribution in [0.25, 0.3) is 0 Å². The first-order valence-corrected chi connectivity index (χ1v) is 7.26. The van der Waals surface area contributed by atoms with Crippen LogP contribution in [-0.2, 0) is 16.1 Å². The summed E-state index contributed by atoms with van der Waals surface area (Å²) < 4.78 is 10.7. The summed E-state index contributed by atoms with van der Waals surface area (Å²) >= 11 is 0. The molecule has 2 fully saturated rings. The predicted octanol–water partition coefficient (Wildman–Crippen LogP) is 2.44. The minimum absolute atomic E-state index is 0.0404. The molecule has 2 saturated heterocycles. The van der Waals surface area contributed by atoms with Crippen molar-refractivity contribution in [2.24, 2.45) is 5.41 Å². The smallest absolute Gasteiger partial charge is 0.411 e. The molecule has 2 aliphatic rings. The Bertz CT molecular complexity index is 543.